The van der Waals surface area contributed by atoms with Crippen molar-refractivity contribution in [3.8, 4) is 5.75 Å². The van der Waals surface area contributed by atoms with Gasteiger partial charge in [0.1, 0.15) is 5.75 Å². The second kappa shape index (κ2) is 8.27. The van der Waals surface area contributed by atoms with E-state index in [2.05, 4.69) is 11.4 Å². The molecule has 0 spiro atoms. The summed E-state index contributed by atoms with van der Waals surface area (Å²) in [5.74, 6) is 1.30. The molecular formula is C24H28N2O3. The lowest BCUT2D eigenvalue weighted by Gasteiger charge is -2.37. The number of amides is 2. The quantitative estimate of drug-likeness (QED) is 0.814. The average molecular weight is 392 g/mol. The van der Waals surface area contributed by atoms with Gasteiger partial charge in [-0.3, -0.25) is 9.59 Å². The zero-order valence-electron chi connectivity index (χ0n) is 17.1. The number of carbonyl (C=O) groups is 2. The van der Waals surface area contributed by atoms with Gasteiger partial charge in [-0.15, -0.1) is 0 Å². The largest absolute Gasteiger partial charge is 0.497 e. The number of carbonyl (C=O) groups excluding carboxylic acids is 2. The molecule has 1 aliphatic carbocycles. The molecule has 0 bridgehead atoms. The Morgan fingerprint density at radius 3 is 2.52 bits per heavy atom. The molecule has 1 aliphatic heterocycles. The van der Waals surface area contributed by atoms with Gasteiger partial charge < -0.3 is 15.0 Å². The predicted octanol–water partition coefficient (Wildman–Crippen LogP) is 3.80. The highest BCUT2D eigenvalue weighted by Crippen LogP contribution is 2.41. The van der Waals surface area contributed by atoms with E-state index in [-0.39, 0.29) is 30.3 Å². The summed E-state index contributed by atoms with van der Waals surface area (Å²) in [6.07, 6.45) is 3.38. The monoisotopic (exact) mass is 392 g/mol. The summed E-state index contributed by atoms with van der Waals surface area (Å²) in [4.78, 5) is 27.1. The summed E-state index contributed by atoms with van der Waals surface area (Å²) in [6, 6.07) is 15.9. The van der Waals surface area contributed by atoms with Crippen molar-refractivity contribution in [2.45, 2.75) is 44.7 Å². The lowest BCUT2D eigenvalue weighted by atomic mass is 9.90. The molecule has 5 nitrogen and oxygen atoms in total. The van der Waals surface area contributed by atoms with Crippen LogP contribution in [0.3, 0.4) is 0 Å². The van der Waals surface area contributed by atoms with Crippen LogP contribution in [0, 0.1) is 5.92 Å². The van der Waals surface area contributed by atoms with Crippen molar-refractivity contribution in [3.05, 3.63) is 65.2 Å². The molecule has 0 saturated heterocycles. The number of hydrogen-bond acceptors (Lipinski definition) is 3. The van der Waals surface area contributed by atoms with Gasteiger partial charge in [-0.25, -0.2) is 0 Å². The first kappa shape index (κ1) is 19.5. The van der Waals surface area contributed by atoms with Crippen LogP contribution in [0.15, 0.2) is 48.5 Å². The van der Waals surface area contributed by atoms with Gasteiger partial charge in [-0.2, -0.15) is 0 Å². The number of fused-ring (bicyclic) bond motifs is 1. The molecule has 4 rings (SSSR count). The Balaban J connectivity index is 1.51. The molecule has 5 heteroatoms. The molecule has 2 aromatic carbocycles. The molecule has 2 amide bonds. The van der Waals surface area contributed by atoms with Gasteiger partial charge in [0.2, 0.25) is 11.8 Å². The average Bonchev–Trinajstić information content (AvgIpc) is 3.57. The van der Waals surface area contributed by atoms with Crippen molar-refractivity contribution in [2.24, 2.45) is 5.92 Å². The van der Waals surface area contributed by atoms with Crippen LogP contribution >= 0.6 is 0 Å². The minimum Gasteiger partial charge on any atom is -0.497 e. The fourth-order valence-electron chi connectivity index (χ4n) is 4.37. The maximum absolute atomic E-state index is 13.1. The zero-order valence-corrected chi connectivity index (χ0v) is 17.1. The van der Waals surface area contributed by atoms with Crippen molar-refractivity contribution in [3.63, 3.8) is 0 Å². The van der Waals surface area contributed by atoms with Gasteiger partial charge >= 0.3 is 0 Å². The third-order valence-electron chi connectivity index (χ3n) is 6.08. The maximum atomic E-state index is 13.1. The topological polar surface area (TPSA) is 58.6 Å². The molecule has 152 valence electrons. The number of methoxy groups -OCH3 is 1. The van der Waals surface area contributed by atoms with Crippen LogP contribution in [-0.2, 0) is 16.0 Å². The number of nitrogens with zero attached hydrogens (tertiary/aromatic N) is 1. The number of hydrogen-bond donors (Lipinski definition) is 1. The number of nitrogens with one attached hydrogen (secondary N) is 1. The van der Waals surface area contributed by atoms with Crippen LogP contribution < -0.4 is 10.1 Å². The van der Waals surface area contributed by atoms with Crippen LogP contribution in [0.1, 0.15) is 55.0 Å². The highest BCUT2D eigenvalue weighted by Gasteiger charge is 2.35. The summed E-state index contributed by atoms with van der Waals surface area (Å²) >= 11 is 0. The molecule has 29 heavy (non-hydrogen) atoms. The van der Waals surface area contributed by atoms with Crippen molar-refractivity contribution >= 4 is 11.8 Å². The van der Waals surface area contributed by atoms with E-state index in [0.717, 1.165) is 36.1 Å². The Kier molecular flexibility index (Phi) is 5.56. The lowest BCUT2D eigenvalue weighted by molar-refractivity contribution is -0.133. The molecule has 1 N–H and O–H groups in total. The van der Waals surface area contributed by atoms with Crippen molar-refractivity contribution in [2.75, 3.05) is 13.7 Å². The molecule has 2 unspecified atom stereocenters. The van der Waals surface area contributed by atoms with Gasteiger partial charge in [-0.05, 0) is 54.0 Å². The highest BCUT2D eigenvalue weighted by atomic mass is 16.5. The van der Waals surface area contributed by atoms with Gasteiger partial charge in [0, 0.05) is 13.5 Å². The van der Waals surface area contributed by atoms with Gasteiger partial charge in [0.15, 0.2) is 0 Å². The minimum atomic E-state index is -0.201. The van der Waals surface area contributed by atoms with Crippen LogP contribution in [0.5, 0.6) is 5.75 Å². The van der Waals surface area contributed by atoms with Crippen LogP contribution in [-0.4, -0.2) is 30.4 Å². The Labute approximate surface area is 172 Å². The summed E-state index contributed by atoms with van der Waals surface area (Å²) in [5.41, 5.74) is 3.43. The lowest BCUT2D eigenvalue weighted by Crippen LogP contribution is -2.41. The normalized spacial score (nSPS) is 19.2. The number of ether oxygens (including phenoxy) is 1. The van der Waals surface area contributed by atoms with E-state index in [9.17, 15) is 9.59 Å². The molecule has 2 aromatic rings. The first-order chi connectivity index (χ1) is 14.1. The first-order valence-electron chi connectivity index (χ1n) is 10.3. The zero-order chi connectivity index (χ0) is 20.4. The van der Waals surface area contributed by atoms with Gasteiger partial charge in [-0.1, -0.05) is 36.4 Å². The van der Waals surface area contributed by atoms with Crippen molar-refractivity contribution < 1.29 is 14.3 Å². The third kappa shape index (κ3) is 4.29. The Hall–Kier alpha value is -2.82. The van der Waals surface area contributed by atoms with Crippen LogP contribution in [0.25, 0.3) is 0 Å². The molecule has 1 fully saturated rings. The van der Waals surface area contributed by atoms with E-state index in [4.69, 9.17) is 4.74 Å². The van der Waals surface area contributed by atoms with E-state index >= 15 is 0 Å². The SMILES string of the molecule is COc1ccc(C(NC(=O)CC2c3ccccc3CCN2C(C)=O)C2CC2)cc1. The molecule has 2 aliphatic rings. The molecule has 2 atom stereocenters. The summed E-state index contributed by atoms with van der Waals surface area (Å²) in [5, 5.41) is 3.25. The van der Waals surface area contributed by atoms with E-state index < -0.39 is 0 Å². The molecule has 0 radical (unpaired) electrons. The number of benzene rings is 2. The van der Waals surface area contributed by atoms with E-state index in [0.29, 0.717) is 12.5 Å². The highest BCUT2D eigenvalue weighted by molar-refractivity contribution is 5.80. The van der Waals surface area contributed by atoms with Gasteiger partial charge in [0.25, 0.3) is 0 Å². The second-order valence-corrected chi connectivity index (χ2v) is 8.04. The van der Waals surface area contributed by atoms with E-state index in [1.807, 2.05) is 47.4 Å². The summed E-state index contributed by atoms with van der Waals surface area (Å²) < 4.78 is 5.25. The molecule has 0 aromatic heterocycles. The third-order valence-corrected chi connectivity index (χ3v) is 6.08. The van der Waals surface area contributed by atoms with Crippen LogP contribution in [0.2, 0.25) is 0 Å². The van der Waals surface area contributed by atoms with Crippen LogP contribution in [0.4, 0.5) is 0 Å². The molecule has 1 saturated carbocycles. The maximum Gasteiger partial charge on any atom is 0.222 e. The molecule has 1 heterocycles. The van der Waals surface area contributed by atoms with Crippen molar-refractivity contribution in [1.82, 2.24) is 10.2 Å². The standard InChI is InChI=1S/C24H28N2O3/c1-16(27)26-14-13-17-5-3-4-6-21(17)22(26)15-23(28)25-24(18-7-8-18)19-9-11-20(29-2)12-10-19/h3-6,9-12,18,22,24H,7-8,13-15H2,1-2H3,(H,25,28). The summed E-state index contributed by atoms with van der Waals surface area (Å²) in [7, 11) is 1.65. The minimum absolute atomic E-state index is 0.00864. The van der Waals surface area contributed by atoms with E-state index in [1.54, 1.807) is 14.0 Å². The fourth-order valence-corrected chi connectivity index (χ4v) is 4.37. The second-order valence-electron chi connectivity index (χ2n) is 8.04. The number of rotatable bonds is 6. The Morgan fingerprint density at radius 2 is 1.86 bits per heavy atom. The Bertz CT molecular complexity index is 889. The first-order valence-corrected chi connectivity index (χ1v) is 10.3. The predicted molar refractivity (Wildman–Crippen MR) is 111 cm³/mol. The molecular weight excluding hydrogens is 364 g/mol. The van der Waals surface area contributed by atoms with Crippen molar-refractivity contribution in [1.29, 1.82) is 0 Å². The van der Waals surface area contributed by atoms with E-state index in [1.165, 1.54) is 5.56 Å². The smallest absolute Gasteiger partial charge is 0.222 e. The fraction of sp³-hybridized carbons (Fsp3) is 0.417. The Morgan fingerprint density at radius 1 is 1.14 bits per heavy atom. The van der Waals surface area contributed by atoms with Gasteiger partial charge in [0.05, 0.1) is 25.6 Å². The summed E-state index contributed by atoms with van der Waals surface area (Å²) in [6.45, 7) is 2.25.